The summed E-state index contributed by atoms with van der Waals surface area (Å²) in [4.78, 5) is 10.2. The smallest absolute Gasteiger partial charge is 0.155 e. The van der Waals surface area contributed by atoms with Gasteiger partial charge in [0, 0.05) is 4.43 Å². The van der Waals surface area contributed by atoms with Crippen LogP contribution in [0, 0.1) is 11.6 Å². The van der Waals surface area contributed by atoms with Gasteiger partial charge in [-0.25, -0.2) is 8.78 Å². The van der Waals surface area contributed by atoms with Gasteiger partial charge >= 0.3 is 0 Å². The van der Waals surface area contributed by atoms with Gasteiger partial charge in [0.05, 0.1) is 5.56 Å². The standard InChI is InChI=1S/C8H5F2IO/c9-7-1-5(3-11)2-8(10)6(7)4-12/h1-2,4H,3H2. The molecule has 0 aliphatic carbocycles. The van der Waals surface area contributed by atoms with Gasteiger partial charge in [0.25, 0.3) is 0 Å². The first-order valence-corrected chi connectivity index (χ1v) is 4.70. The summed E-state index contributed by atoms with van der Waals surface area (Å²) in [6.45, 7) is 0. The summed E-state index contributed by atoms with van der Waals surface area (Å²) in [5.41, 5.74) is 0.0415. The summed E-state index contributed by atoms with van der Waals surface area (Å²) < 4.78 is 26.2. The summed E-state index contributed by atoms with van der Waals surface area (Å²) in [5, 5.41) is 0. The molecule has 0 fully saturated rings. The third-order valence-corrected chi connectivity index (χ3v) is 2.29. The monoisotopic (exact) mass is 282 g/mol. The Hall–Kier alpha value is -0.520. The fraction of sp³-hybridized carbons (Fsp3) is 0.125. The number of rotatable bonds is 2. The van der Waals surface area contributed by atoms with E-state index in [4.69, 9.17) is 0 Å². The zero-order valence-electron chi connectivity index (χ0n) is 5.98. The summed E-state index contributed by atoms with van der Waals surface area (Å²) >= 11 is 1.99. The van der Waals surface area contributed by atoms with Crippen molar-refractivity contribution in [2.75, 3.05) is 0 Å². The molecule has 0 aliphatic heterocycles. The average Bonchev–Trinajstić information content (AvgIpc) is 2.03. The Balaban J connectivity index is 3.27. The predicted molar refractivity (Wildman–Crippen MR) is 49.5 cm³/mol. The normalized spacial score (nSPS) is 9.92. The van der Waals surface area contributed by atoms with E-state index in [0.29, 0.717) is 9.99 Å². The molecule has 0 aliphatic rings. The molecule has 0 aromatic heterocycles. The molecule has 0 saturated heterocycles. The number of halogens is 3. The van der Waals surface area contributed by atoms with Crippen LogP contribution in [0.5, 0.6) is 0 Å². The minimum Gasteiger partial charge on any atom is -0.298 e. The molecule has 0 bridgehead atoms. The summed E-state index contributed by atoms with van der Waals surface area (Å²) in [7, 11) is 0. The number of carbonyl (C=O) groups excluding carboxylic acids is 1. The highest BCUT2D eigenvalue weighted by molar-refractivity contribution is 14.1. The maximum atomic E-state index is 12.8. The maximum Gasteiger partial charge on any atom is 0.155 e. The van der Waals surface area contributed by atoms with Gasteiger partial charge < -0.3 is 0 Å². The third-order valence-electron chi connectivity index (χ3n) is 1.41. The van der Waals surface area contributed by atoms with Gasteiger partial charge in [-0.15, -0.1) is 0 Å². The molecule has 0 amide bonds. The Labute approximate surface area is 81.9 Å². The Kier molecular flexibility index (Phi) is 3.13. The van der Waals surface area contributed by atoms with Crippen molar-refractivity contribution in [3.63, 3.8) is 0 Å². The molecule has 1 nitrogen and oxygen atoms in total. The lowest BCUT2D eigenvalue weighted by Crippen LogP contribution is -1.95. The molecule has 12 heavy (non-hydrogen) atoms. The lowest BCUT2D eigenvalue weighted by Gasteiger charge is -1.99. The Morgan fingerprint density at radius 1 is 1.33 bits per heavy atom. The minimum absolute atomic E-state index is 0.182. The zero-order chi connectivity index (χ0) is 9.14. The molecule has 0 atom stereocenters. The number of benzene rings is 1. The van der Waals surface area contributed by atoms with Crippen LogP contribution in [0.1, 0.15) is 15.9 Å². The van der Waals surface area contributed by atoms with Crippen LogP contribution in [0.15, 0.2) is 12.1 Å². The maximum absolute atomic E-state index is 12.8. The number of alkyl halides is 1. The molecule has 0 unspecified atom stereocenters. The van der Waals surface area contributed by atoms with Gasteiger partial charge in [-0.3, -0.25) is 4.79 Å². The first kappa shape index (κ1) is 9.57. The molecule has 0 N–H and O–H groups in total. The highest BCUT2D eigenvalue weighted by atomic mass is 127. The van der Waals surface area contributed by atoms with Crippen LogP contribution in [-0.2, 0) is 4.43 Å². The van der Waals surface area contributed by atoms with Crippen molar-refractivity contribution in [2.24, 2.45) is 0 Å². The summed E-state index contributed by atoms with van der Waals surface area (Å²) in [6.07, 6.45) is 0.182. The molecule has 0 radical (unpaired) electrons. The fourth-order valence-corrected chi connectivity index (χ4v) is 1.27. The third kappa shape index (κ3) is 1.80. The van der Waals surface area contributed by atoms with Crippen molar-refractivity contribution in [1.82, 2.24) is 0 Å². The zero-order valence-corrected chi connectivity index (χ0v) is 8.14. The molecule has 1 aromatic carbocycles. The lowest BCUT2D eigenvalue weighted by molar-refractivity contribution is 0.111. The van der Waals surface area contributed by atoms with Crippen LogP contribution in [0.4, 0.5) is 8.78 Å². The second kappa shape index (κ2) is 3.93. The number of carbonyl (C=O) groups is 1. The number of hydrogen-bond donors (Lipinski definition) is 0. The van der Waals surface area contributed by atoms with E-state index in [1.807, 2.05) is 22.6 Å². The van der Waals surface area contributed by atoms with Crippen molar-refractivity contribution in [2.45, 2.75) is 4.43 Å². The first-order chi connectivity index (χ1) is 5.69. The van der Waals surface area contributed by atoms with E-state index in [-0.39, 0.29) is 6.29 Å². The van der Waals surface area contributed by atoms with Crippen molar-refractivity contribution >= 4 is 28.9 Å². The van der Waals surface area contributed by atoms with Gasteiger partial charge in [0.15, 0.2) is 6.29 Å². The molecule has 0 spiro atoms. The van der Waals surface area contributed by atoms with Crippen molar-refractivity contribution in [3.05, 3.63) is 34.9 Å². The van der Waals surface area contributed by atoms with Crippen molar-refractivity contribution in [3.8, 4) is 0 Å². The molecule has 64 valence electrons. The van der Waals surface area contributed by atoms with E-state index in [1.54, 1.807) is 0 Å². The van der Waals surface area contributed by atoms with E-state index in [1.165, 1.54) is 12.1 Å². The number of aldehydes is 1. The van der Waals surface area contributed by atoms with E-state index in [0.717, 1.165) is 0 Å². The predicted octanol–water partition coefficient (Wildman–Crippen LogP) is 2.71. The van der Waals surface area contributed by atoms with Gasteiger partial charge in [-0.05, 0) is 17.7 Å². The van der Waals surface area contributed by atoms with Crippen LogP contribution in [0.2, 0.25) is 0 Å². The van der Waals surface area contributed by atoms with Crippen LogP contribution < -0.4 is 0 Å². The molecule has 1 aromatic rings. The molecule has 4 heteroatoms. The number of hydrogen-bond acceptors (Lipinski definition) is 1. The minimum atomic E-state index is -0.795. The van der Waals surface area contributed by atoms with E-state index in [9.17, 15) is 13.6 Å². The molecular weight excluding hydrogens is 277 g/mol. The van der Waals surface area contributed by atoms with Crippen molar-refractivity contribution < 1.29 is 13.6 Å². The average molecular weight is 282 g/mol. The van der Waals surface area contributed by atoms with Gasteiger partial charge in [0.2, 0.25) is 0 Å². The van der Waals surface area contributed by atoms with Crippen LogP contribution >= 0.6 is 22.6 Å². The highest BCUT2D eigenvalue weighted by Crippen LogP contribution is 2.15. The van der Waals surface area contributed by atoms with E-state index >= 15 is 0 Å². The molecule has 1 rings (SSSR count). The lowest BCUT2D eigenvalue weighted by atomic mass is 10.1. The summed E-state index contributed by atoms with van der Waals surface area (Å²) in [5.74, 6) is -1.59. The van der Waals surface area contributed by atoms with Crippen LogP contribution in [0.3, 0.4) is 0 Å². The van der Waals surface area contributed by atoms with Gasteiger partial charge in [0.1, 0.15) is 11.6 Å². The Morgan fingerprint density at radius 3 is 2.17 bits per heavy atom. The van der Waals surface area contributed by atoms with Crippen LogP contribution in [-0.4, -0.2) is 6.29 Å². The Morgan fingerprint density at radius 2 is 1.83 bits per heavy atom. The largest absolute Gasteiger partial charge is 0.298 e. The SMILES string of the molecule is O=Cc1c(F)cc(CI)cc1F. The van der Waals surface area contributed by atoms with Crippen LogP contribution in [0.25, 0.3) is 0 Å². The van der Waals surface area contributed by atoms with E-state index < -0.39 is 17.2 Å². The molecule has 0 heterocycles. The van der Waals surface area contributed by atoms with Crippen molar-refractivity contribution in [1.29, 1.82) is 0 Å². The topological polar surface area (TPSA) is 17.1 Å². The summed E-state index contributed by atoms with van der Waals surface area (Å²) in [6, 6.07) is 2.33. The Bertz CT molecular complexity index is 289. The highest BCUT2D eigenvalue weighted by Gasteiger charge is 2.08. The molecular formula is C8H5F2IO. The quantitative estimate of drug-likeness (QED) is 0.463. The van der Waals surface area contributed by atoms with Gasteiger partial charge in [-0.2, -0.15) is 0 Å². The molecule has 0 saturated carbocycles. The second-order valence-corrected chi connectivity index (χ2v) is 2.99. The second-order valence-electron chi connectivity index (χ2n) is 2.22. The first-order valence-electron chi connectivity index (χ1n) is 3.18. The fourth-order valence-electron chi connectivity index (χ4n) is 0.827. The van der Waals surface area contributed by atoms with E-state index in [2.05, 4.69) is 0 Å². The van der Waals surface area contributed by atoms with Gasteiger partial charge in [-0.1, -0.05) is 22.6 Å².